The first kappa shape index (κ1) is 15.9. The van der Waals surface area contributed by atoms with Crippen LogP contribution in [0.2, 0.25) is 0 Å². The lowest BCUT2D eigenvalue weighted by Gasteiger charge is -2.09. The van der Waals surface area contributed by atoms with Crippen LogP contribution >= 0.6 is 0 Å². The minimum atomic E-state index is -4.20. The van der Waals surface area contributed by atoms with E-state index < -0.39 is 37.2 Å². The Kier molecular flexibility index (Phi) is 3.52. The molecule has 0 aliphatic rings. The van der Waals surface area contributed by atoms with E-state index >= 15 is 0 Å². The summed E-state index contributed by atoms with van der Waals surface area (Å²) in [7, 11) is -4.20. The van der Waals surface area contributed by atoms with Crippen LogP contribution in [-0.2, 0) is 9.84 Å². The van der Waals surface area contributed by atoms with Crippen molar-refractivity contribution in [2.24, 2.45) is 0 Å². The van der Waals surface area contributed by atoms with Crippen LogP contribution in [0.5, 0.6) is 0 Å². The van der Waals surface area contributed by atoms with Gasteiger partial charge in [-0.1, -0.05) is 16.9 Å². The summed E-state index contributed by atoms with van der Waals surface area (Å²) in [5.41, 5.74) is -2.13. The first-order chi connectivity index (χ1) is 11.2. The van der Waals surface area contributed by atoms with Gasteiger partial charge in [0.15, 0.2) is 0 Å². The third kappa shape index (κ3) is 2.38. The van der Waals surface area contributed by atoms with Crippen molar-refractivity contribution in [1.82, 2.24) is 9.71 Å². The van der Waals surface area contributed by atoms with Crippen LogP contribution in [0.1, 0.15) is 5.56 Å². The summed E-state index contributed by atoms with van der Waals surface area (Å²) in [6.07, 6.45) is 0. The van der Waals surface area contributed by atoms with Crippen molar-refractivity contribution in [3.8, 4) is 0 Å². The van der Waals surface area contributed by atoms with Crippen LogP contribution in [0.4, 0.5) is 4.39 Å². The Hall–Kier alpha value is -2.94. The molecule has 0 fully saturated rings. The lowest BCUT2D eigenvalue weighted by Crippen LogP contribution is -2.33. The minimum absolute atomic E-state index is 0.108. The van der Waals surface area contributed by atoms with Gasteiger partial charge in [0.1, 0.15) is 5.82 Å². The molecule has 0 aliphatic carbocycles. The summed E-state index contributed by atoms with van der Waals surface area (Å²) in [4.78, 5) is 24.9. The molecule has 2 aromatic carbocycles. The highest BCUT2D eigenvalue weighted by Gasteiger charge is 2.24. The maximum atomic E-state index is 13.8. The summed E-state index contributed by atoms with van der Waals surface area (Å²) in [6.45, 7) is 1.69. The van der Waals surface area contributed by atoms with E-state index in [4.69, 9.17) is 0 Å². The SMILES string of the molecule is Cc1cccc(S(=O)(=O)c2cc(F)cc3c(=O)n(O)c(=O)[nH]c23)c1. The highest BCUT2D eigenvalue weighted by Crippen LogP contribution is 2.27. The van der Waals surface area contributed by atoms with Crippen molar-refractivity contribution in [2.75, 3.05) is 0 Å². The van der Waals surface area contributed by atoms with Crippen molar-refractivity contribution >= 4 is 20.7 Å². The van der Waals surface area contributed by atoms with E-state index in [9.17, 15) is 27.6 Å². The molecule has 1 aromatic heterocycles. The first-order valence-corrected chi connectivity index (χ1v) is 8.20. The Morgan fingerprint density at radius 3 is 2.54 bits per heavy atom. The van der Waals surface area contributed by atoms with Gasteiger partial charge in [0.2, 0.25) is 9.84 Å². The molecule has 0 bridgehead atoms. The lowest BCUT2D eigenvalue weighted by atomic mass is 10.2. The summed E-state index contributed by atoms with van der Waals surface area (Å²) in [6, 6.07) is 7.39. The molecule has 124 valence electrons. The molecule has 0 radical (unpaired) electrons. The Balaban J connectivity index is 2.47. The van der Waals surface area contributed by atoms with Crippen LogP contribution in [0.25, 0.3) is 10.9 Å². The van der Waals surface area contributed by atoms with Crippen molar-refractivity contribution in [3.63, 3.8) is 0 Å². The Labute approximate surface area is 134 Å². The Morgan fingerprint density at radius 2 is 1.88 bits per heavy atom. The third-order valence-electron chi connectivity index (χ3n) is 3.50. The summed E-state index contributed by atoms with van der Waals surface area (Å²) in [5, 5.41) is 8.88. The molecule has 3 aromatic rings. The summed E-state index contributed by atoms with van der Waals surface area (Å²) in [5.74, 6) is -0.988. The average molecular weight is 350 g/mol. The normalized spacial score (nSPS) is 11.8. The van der Waals surface area contributed by atoms with Crippen LogP contribution in [0.15, 0.2) is 55.8 Å². The molecule has 0 saturated heterocycles. The number of halogens is 1. The lowest BCUT2D eigenvalue weighted by molar-refractivity contribution is 0.162. The van der Waals surface area contributed by atoms with Crippen LogP contribution in [0.3, 0.4) is 0 Å². The van der Waals surface area contributed by atoms with E-state index in [0.717, 1.165) is 12.1 Å². The largest absolute Gasteiger partial charge is 0.421 e. The first-order valence-electron chi connectivity index (χ1n) is 6.71. The standard InChI is InChI=1S/C15H11FN2O5S/c1-8-3-2-4-10(5-8)24(22,23)12-7-9(16)6-11-13(12)17-15(20)18(21)14(11)19/h2-7,21H,1H3,(H,17,20). The number of sulfone groups is 1. The number of rotatable bonds is 2. The highest BCUT2D eigenvalue weighted by atomic mass is 32.2. The predicted octanol–water partition coefficient (Wildman–Crippen LogP) is 1.21. The van der Waals surface area contributed by atoms with E-state index in [-0.39, 0.29) is 15.1 Å². The third-order valence-corrected chi connectivity index (χ3v) is 5.28. The number of nitrogens with one attached hydrogen (secondary N) is 1. The van der Waals surface area contributed by atoms with Crippen molar-refractivity contribution in [2.45, 2.75) is 16.7 Å². The van der Waals surface area contributed by atoms with Gasteiger partial charge in [-0.2, -0.15) is 0 Å². The molecule has 1 heterocycles. The zero-order chi connectivity index (χ0) is 17.6. The number of aromatic nitrogens is 2. The van der Waals surface area contributed by atoms with Crippen LogP contribution in [0, 0.1) is 12.7 Å². The van der Waals surface area contributed by atoms with E-state index in [1.54, 1.807) is 13.0 Å². The number of fused-ring (bicyclic) bond motifs is 1. The van der Waals surface area contributed by atoms with E-state index in [1.807, 2.05) is 0 Å². The Bertz CT molecular complexity index is 1190. The molecule has 24 heavy (non-hydrogen) atoms. The van der Waals surface area contributed by atoms with Crippen LogP contribution < -0.4 is 11.2 Å². The topological polar surface area (TPSA) is 109 Å². The van der Waals surface area contributed by atoms with E-state index in [2.05, 4.69) is 4.98 Å². The number of aryl methyl sites for hydroxylation is 1. The van der Waals surface area contributed by atoms with Gasteiger partial charge < -0.3 is 10.2 Å². The number of benzene rings is 2. The zero-order valence-electron chi connectivity index (χ0n) is 12.3. The van der Waals surface area contributed by atoms with Crippen molar-refractivity contribution < 1.29 is 18.0 Å². The number of H-pyrrole nitrogens is 1. The number of nitrogens with zero attached hydrogens (tertiary/aromatic N) is 1. The molecule has 0 spiro atoms. The predicted molar refractivity (Wildman–Crippen MR) is 82.6 cm³/mol. The van der Waals surface area contributed by atoms with Gasteiger partial charge in [-0.15, -0.1) is 0 Å². The van der Waals surface area contributed by atoms with E-state index in [0.29, 0.717) is 5.56 Å². The van der Waals surface area contributed by atoms with Gasteiger partial charge in [0.05, 0.1) is 20.7 Å². The Morgan fingerprint density at radius 1 is 1.17 bits per heavy atom. The molecule has 0 aliphatic heterocycles. The number of hydrogen-bond acceptors (Lipinski definition) is 5. The fourth-order valence-electron chi connectivity index (χ4n) is 2.37. The molecule has 9 heteroatoms. The zero-order valence-corrected chi connectivity index (χ0v) is 13.1. The second kappa shape index (κ2) is 5.31. The van der Waals surface area contributed by atoms with Gasteiger partial charge in [-0.25, -0.2) is 17.6 Å². The molecule has 0 saturated carbocycles. The minimum Gasteiger partial charge on any atom is -0.421 e. The molecule has 2 N–H and O–H groups in total. The maximum Gasteiger partial charge on any atom is 0.362 e. The monoisotopic (exact) mass is 350 g/mol. The van der Waals surface area contributed by atoms with Gasteiger partial charge in [-0.3, -0.25) is 4.79 Å². The molecule has 7 nitrogen and oxygen atoms in total. The quantitative estimate of drug-likeness (QED) is 0.675. The second-order valence-electron chi connectivity index (χ2n) is 5.19. The van der Waals surface area contributed by atoms with Gasteiger partial charge in [0.25, 0.3) is 5.56 Å². The van der Waals surface area contributed by atoms with Gasteiger partial charge in [0, 0.05) is 0 Å². The molecule has 3 rings (SSSR count). The molecular formula is C15H11FN2O5S. The van der Waals surface area contributed by atoms with E-state index in [1.165, 1.54) is 18.2 Å². The van der Waals surface area contributed by atoms with Crippen molar-refractivity contribution in [1.29, 1.82) is 0 Å². The smallest absolute Gasteiger partial charge is 0.362 e. The average Bonchev–Trinajstić information content (AvgIpc) is 2.53. The summed E-state index contributed by atoms with van der Waals surface area (Å²) < 4.78 is 39.2. The fraction of sp³-hybridized carbons (Fsp3) is 0.0667. The second-order valence-corrected chi connectivity index (χ2v) is 7.11. The number of hydrogen-bond donors (Lipinski definition) is 2. The van der Waals surface area contributed by atoms with Crippen LogP contribution in [-0.4, -0.2) is 23.3 Å². The van der Waals surface area contributed by atoms with Gasteiger partial charge in [-0.05, 0) is 36.8 Å². The molecule has 0 atom stereocenters. The highest BCUT2D eigenvalue weighted by molar-refractivity contribution is 7.91. The fourth-order valence-corrected chi connectivity index (χ4v) is 3.92. The molecule has 0 unspecified atom stereocenters. The maximum absolute atomic E-state index is 13.8. The van der Waals surface area contributed by atoms with Gasteiger partial charge >= 0.3 is 5.69 Å². The number of aromatic amines is 1. The summed E-state index contributed by atoms with van der Waals surface area (Å²) >= 11 is 0. The molecular weight excluding hydrogens is 339 g/mol. The molecule has 0 amide bonds. The van der Waals surface area contributed by atoms with Crippen molar-refractivity contribution in [3.05, 3.63) is 68.6 Å².